The first-order valence-electron chi connectivity index (χ1n) is 9.20. The molecule has 6 nitrogen and oxygen atoms in total. The second-order valence-electron chi connectivity index (χ2n) is 6.46. The molecule has 0 saturated heterocycles. The highest BCUT2D eigenvalue weighted by Crippen LogP contribution is 2.32. The average molecular weight is 546 g/mol. The number of benzene rings is 3. The molecule has 0 aliphatic carbocycles. The van der Waals surface area contributed by atoms with Crippen LogP contribution in [0.4, 0.5) is 0 Å². The third-order valence-corrected chi connectivity index (χ3v) is 5.07. The summed E-state index contributed by atoms with van der Waals surface area (Å²) in [5.74, 6) is -0.0516. The molecule has 0 aromatic heterocycles. The lowest BCUT2D eigenvalue weighted by Crippen LogP contribution is -2.24. The summed E-state index contributed by atoms with van der Waals surface area (Å²) in [5.41, 5.74) is 4.41. The monoisotopic (exact) mass is 544 g/mol. The summed E-state index contributed by atoms with van der Waals surface area (Å²) in [6.45, 7) is 1.79. The zero-order chi connectivity index (χ0) is 22.2. The molecule has 0 aliphatic heterocycles. The molecule has 3 aromatic carbocycles. The number of hydrogen-bond donors (Lipinski definition) is 1. The molecule has 31 heavy (non-hydrogen) atoms. The van der Waals surface area contributed by atoms with E-state index in [9.17, 15) is 9.59 Å². The number of rotatable bonds is 7. The summed E-state index contributed by atoms with van der Waals surface area (Å²) in [6.07, 6.45) is 1.40. The first-order chi connectivity index (χ1) is 14.9. The van der Waals surface area contributed by atoms with Crippen molar-refractivity contribution in [2.75, 3.05) is 6.61 Å². The zero-order valence-electron chi connectivity index (χ0n) is 16.5. The highest BCUT2D eigenvalue weighted by Gasteiger charge is 2.15. The molecule has 8 heteroatoms. The first-order valence-corrected chi connectivity index (χ1v) is 10.8. The Kier molecular flexibility index (Phi) is 7.97. The van der Waals surface area contributed by atoms with Crippen molar-refractivity contribution < 1.29 is 19.1 Å². The second kappa shape index (κ2) is 10.9. The standard InChI is InChI=1S/C23H18Br2N2O4/c1-15-7-9-19(10-8-15)30-14-21(28)27-26-13-17-11-18(24)12-20(25)22(17)31-23(29)16-5-3-2-4-6-16/h2-13H,14H2,1H3,(H,27,28)/b26-13+. The Morgan fingerprint density at radius 3 is 2.45 bits per heavy atom. The molecule has 0 fully saturated rings. The van der Waals surface area contributed by atoms with E-state index in [1.54, 1.807) is 48.5 Å². The van der Waals surface area contributed by atoms with Crippen molar-refractivity contribution in [3.63, 3.8) is 0 Å². The van der Waals surface area contributed by atoms with Crippen molar-refractivity contribution in [3.05, 3.63) is 92.4 Å². The fourth-order valence-corrected chi connectivity index (χ4v) is 3.84. The van der Waals surface area contributed by atoms with Crippen LogP contribution in [0.1, 0.15) is 21.5 Å². The van der Waals surface area contributed by atoms with Crippen LogP contribution >= 0.6 is 31.9 Å². The maximum atomic E-state index is 12.4. The number of halogens is 2. The van der Waals surface area contributed by atoms with Gasteiger partial charge in [0.1, 0.15) is 5.75 Å². The number of carbonyl (C=O) groups excluding carboxylic acids is 2. The molecular weight excluding hydrogens is 528 g/mol. The van der Waals surface area contributed by atoms with Crippen LogP contribution in [0.3, 0.4) is 0 Å². The van der Waals surface area contributed by atoms with Crippen molar-refractivity contribution in [1.82, 2.24) is 5.43 Å². The van der Waals surface area contributed by atoms with Crippen LogP contribution in [0.15, 0.2) is 80.8 Å². The predicted molar refractivity (Wildman–Crippen MR) is 126 cm³/mol. The van der Waals surface area contributed by atoms with Gasteiger partial charge in [-0.15, -0.1) is 0 Å². The summed E-state index contributed by atoms with van der Waals surface area (Å²) >= 11 is 6.79. The Morgan fingerprint density at radius 1 is 1.03 bits per heavy atom. The summed E-state index contributed by atoms with van der Waals surface area (Å²) in [7, 11) is 0. The van der Waals surface area contributed by atoms with E-state index >= 15 is 0 Å². The van der Waals surface area contributed by atoms with Crippen LogP contribution in [0, 0.1) is 6.92 Å². The maximum Gasteiger partial charge on any atom is 0.343 e. The number of nitrogens with one attached hydrogen (secondary N) is 1. The van der Waals surface area contributed by atoms with Gasteiger partial charge in [0.15, 0.2) is 12.4 Å². The number of hydrogen-bond acceptors (Lipinski definition) is 5. The summed E-state index contributed by atoms with van der Waals surface area (Å²) in [4.78, 5) is 24.4. The highest BCUT2D eigenvalue weighted by molar-refractivity contribution is 9.11. The zero-order valence-corrected chi connectivity index (χ0v) is 19.6. The SMILES string of the molecule is Cc1ccc(OCC(=O)N/N=C/c2cc(Br)cc(Br)c2OC(=O)c2ccccc2)cc1. The number of aryl methyl sites for hydroxylation is 1. The average Bonchev–Trinajstić information content (AvgIpc) is 2.76. The van der Waals surface area contributed by atoms with E-state index in [-0.39, 0.29) is 12.4 Å². The van der Waals surface area contributed by atoms with Gasteiger partial charge in [0.2, 0.25) is 0 Å². The molecule has 0 bridgehead atoms. The molecule has 0 spiro atoms. The third kappa shape index (κ3) is 6.77. The van der Waals surface area contributed by atoms with Crippen molar-refractivity contribution >= 4 is 50.0 Å². The molecular formula is C23H18Br2N2O4. The lowest BCUT2D eigenvalue weighted by molar-refractivity contribution is -0.123. The van der Waals surface area contributed by atoms with Crippen molar-refractivity contribution in [2.24, 2.45) is 5.10 Å². The fraction of sp³-hybridized carbons (Fsp3) is 0.0870. The van der Waals surface area contributed by atoms with Crippen LogP contribution < -0.4 is 14.9 Å². The Labute approximate surface area is 196 Å². The molecule has 0 heterocycles. The van der Waals surface area contributed by atoms with Gasteiger partial charge >= 0.3 is 5.97 Å². The third-order valence-electron chi connectivity index (χ3n) is 4.03. The molecule has 0 atom stereocenters. The van der Waals surface area contributed by atoms with Gasteiger partial charge in [0.05, 0.1) is 16.3 Å². The minimum Gasteiger partial charge on any atom is -0.484 e. The quantitative estimate of drug-likeness (QED) is 0.190. The molecule has 0 radical (unpaired) electrons. The van der Waals surface area contributed by atoms with E-state index in [4.69, 9.17) is 9.47 Å². The molecule has 158 valence electrons. The minimum absolute atomic E-state index is 0.182. The Balaban J connectivity index is 1.65. The molecule has 0 unspecified atom stereocenters. The Hall–Kier alpha value is -2.97. The number of hydrazone groups is 1. The van der Waals surface area contributed by atoms with Crippen molar-refractivity contribution in [3.8, 4) is 11.5 Å². The lowest BCUT2D eigenvalue weighted by Gasteiger charge is -2.10. The summed E-state index contributed by atoms with van der Waals surface area (Å²) in [6, 6.07) is 19.5. The number of amides is 1. The molecule has 0 aliphatic rings. The van der Waals surface area contributed by atoms with Crippen LogP contribution in [-0.4, -0.2) is 24.7 Å². The maximum absolute atomic E-state index is 12.4. The van der Waals surface area contributed by atoms with Crippen molar-refractivity contribution in [2.45, 2.75) is 6.92 Å². The van der Waals surface area contributed by atoms with Gasteiger partial charge in [0, 0.05) is 10.0 Å². The summed E-state index contributed by atoms with van der Waals surface area (Å²) < 4.78 is 12.3. The van der Waals surface area contributed by atoms with Crippen LogP contribution in [0.5, 0.6) is 11.5 Å². The molecule has 1 N–H and O–H groups in total. The van der Waals surface area contributed by atoms with E-state index in [0.717, 1.165) is 10.0 Å². The normalized spacial score (nSPS) is 10.7. The van der Waals surface area contributed by atoms with Gasteiger partial charge < -0.3 is 9.47 Å². The van der Waals surface area contributed by atoms with E-state index < -0.39 is 11.9 Å². The number of carbonyl (C=O) groups is 2. The van der Waals surface area contributed by atoms with E-state index in [2.05, 4.69) is 42.4 Å². The smallest absolute Gasteiger partial charge is 0.343 e. The van der Waals surface area contributed by atoms with Gasteiger partial charge in [-0.2, -0.15) is 5.10 Å². The predicted octanol–water partition coefficient (Wildman–Crippen LogP) is 5.27. The van der Waals surface area contributed by atoms with Crippen molar-refractivity contribution in [1.29, 1.82) is 0 Å². The Morgan fingerprint density at radius 2 is 1.74 bits per heavy atom. The molecule has 1 amide bonds. The number of esters is 1. The van der Waals surface area contributed by atoms with E-state index in [0.29, 0.717) is 21.3 Å². The van der Waals surface area contributed by atoms with Gasteiger partial charge in [-0.1, -0.05) is 51.8 Å². The van der Waals surface area contributed by atoms with E-state index in [1.807, 2.05) is 25.1 Å². The number of ether oxygens (including phenoxy) is 2. The highest BCUT2D eigenvalue weighted by atomic mass is 79.9. The molecule has 0 saturated carbocycles. The molecule has 3 aromatic rings. The minimum atomic E-state index is -0.506. The molecule has 3 rings (SSSR count). The van der Waals surface area contributed by atoms with Crippen LogP contribution in [-0.2, 0) is 4.79 Å². The topological polar surface area (TPSA) is 77.0 Å². The van der Waals surface area contributed by atoms with Gasteiger partial charge in [-0.3, -0.25) is 4.79 Å². The largest absolute Gasteiger partial charge is 0.484 e. The van der Waals surface area contributed by atoms with Crippen LogP contribution in [0.2, 0.25) is 0 Å². The fourth-order valence-electron chi connectivity index (χ4n) is 2.50. The van der Waals surface area contributed by atoms with Gasteiger partial charge in [-0.05, 0) is 59.3 Å². The van der Waals surface area contributed by atoms with Crippen LogP contribution in [0.25, 0.3) is 0 Å². The first kappa shape index (κ1) is 22.7. The Bertz CT molecular complexity index is 1100. The number of nitrogens with zero attached hydrogens (tertiary/aromatic N) is 1. The van der Waals surface area contributed by atoms with Gasteiger partial charge in [0.25, 0.3) is 5.91 Å². The summed E-state index contributed by atoms with van der Waals surface area (Å²) in [5, 5.41) is 3.95. The lowest BCUT2D eigenvalue weighted by atomic mass is 10.2. The van der Waals surface area contributed by atoms with E-state index in [1.165, 1.54) is 6.21 Å². The second-order valence-corrected chi connectivity index (χ2v) is 8.23. The van der Waals surface area contributed by atoms with Gasteiger partial charge in [-0.25, -0.2) is 10.2 Å².